The van der Waals surface area contributed by atoms with Crippen molar-refractivity contribution in [2.45, 2.75) is 43.9 Å². The minimum Gasteiger partial charge on any atom is -0.347 e. The van der Waals surface area contributed by atoms with Crippen LogP contribution in [-0.4, -0.2) is 39.6 Å². The molecule has 0 radical (unpaired) electrons. The fourth-order valence-electron chi connectivity index (χ4n) is 3.63. The largest absolute Gasteiger partial charge is 0.347 e. The molecule has 3 rings (SSSR count). The molecule has 1 aromatic carbocycles. The van der Waals surface area contributed by atoms with Crippen LogP contribution in [0.3, 0.4) is 0 Å². The molecule has 2 heterocycles. The van der Waals surface area contributed by atoms with E-state index in [0.717, 1.165) is 36.1 Å². The van der Waals surface area contributed by atoms with Crippen LogP contribution >= 0.6 is 11.8 Å². The first-order chi connectivity index (χ1) is 13.0. The lowest BCUT2D eigenvalue weighted by molar-refractivity contribution is -0.121. The standard InChI is InChI=1S/C20H25FN4OS/c1-3-27-19-22-12-16(13-23-19)14-25-10-8-20(9-11-25,24-15(2)26)17-6-4-5-7-18(17)21/h4-7,12-13H,3,8-11,14H2,1-2H3,(H,24,26). The molecule has 0 unspecified atom stereocenters. The lowest BCUT2D eigenvalue weighted by Gasteiger charge is -2.42. The monoisotopic (exact) mass is 388 g/mol. The van der Waals surface area contributed by atoms with Gasteiger partial charge in [0.15, 0.2) is 5.16 Å². The van der Waals surface area contributed by atoms with E-state index in [9.17, 15) is 9.18 Å². The molecule has 1 amide bonds. The number of piperidine rings is 1. The quantitative estimate of drug-likeness (QED) is 0.607. The van der Waals surface area contributed by atoms with Crippen molar-refractivity contribution >= 4 is 17.7 Å². The molecule has 0 aliphatic carbocycles. The van der Waals surface area contributed by atoms with Crippen LogP contribution in [0, 0.1) is 5.82 Å². The summed E-state index contributed by atoms with van der Waals surface area (Å²) in [6, 6.07) is 6.73. The minimum absolute atomic E-state index is 0.135. The number of aromatic nitrogens is 2. The molecule has 7 heteroatoms. The van der Waals surface area contributed by atoms with Gasteiger partial charge in [-0.3, -0.25) is 9.69 Å². The molecule has 1 N–H and O–H groups in total. The SMILES string of the molecule is CCSc1ncc(CN2CCC(NC(C)=O)(c3ccccc3F)CC2)cn1. The third-order valence-electron chi connectivity index (χ3n) is 4.88. The Balaban J connectivity index is 1.69. The smallest absolute Gasteiger partial charge is 0.217 e. The van der Waals surface area contributed by atoms with Gasteiger partial charge in [0.25, 0.3) is 0 Å². The van der Waals surface area contributed by atoms with Crippen LogP contribution in [0.25, 0.3) is 0 Å². The van der Waals surface area contributed by atoms with Crippen LogP contribution in [0.5, 0.6) is 0 Å². The van der Waals surface area contributed by atoms with Crippen LogP contribution in [-0.2, 0) is 16.9 Å². The van der Waals surface area contributed by atoms with Crippen molar-refractivity contribution in [3.63, 3.8) is 0 Å². The lowest BCUT2D eigenvalue weighted by atomic mass is 9.80. The van der Waals surface area contributed by atoms with Gasteiger partial charge in [-0.05, 0) is 24.7 Å². The molecule has 0 atom stereocenters. The Morgan fingerprint density at radius 2 is 1.93 bits per heavy atom. The predicted molar refractivity (Wildman–Crippen MR) is 105 cm³/mol. The normalized spacial score (nSPS) is 16.9. The molecule has 1 saturated heterocycles. The molecule has 27 heavy (non-hydrogen) atoms. The summed E-state index contributed by atoms with van der Waals surface area (Å²) in [5.74, 6) is 0.549. The molecule has 1 aromatic heterocycles. The van der Waals surface area contributed by atoms with E-state index in [1.165, 1.54) is 13.0 Å². The van der Waals surface area contributed by atoms with E-state index in [1.807, 2.05) is 18.5 Å². The van der Waals surface area contributed by atoms with Crippen LogP contribution in [0.1, 0.15) is 37.8 Å². The number of likely N-dealkylation sites (tertiary alicyclic amines) is 1. The number of hydrogen-bond donors (Lipinski definition) is 1. The Morgan fingerprint density at radius 1 is 1.26 bits per heavy atom. The van der Waals surface area contributed by atoms with Crippen LogP contribution in [0.2, 0.25) is 0 Å². The minimum atomic E-state index is -0.647. The van der Waals surface area contributed by atoms with Gasteiger partial charge in [0.2, 0.25) is 5.91 Å². The van der Waals surface area contributed by atoms with Gasteiger partial charge in [-0.15, -0.1) is 0 Å². The summed E-state index contributed by atoms with van der Waals surface area (Å²) in [5, 5.41) is 3.82. The number of benzene rings is 1. The van der Waals surface area contributed by atoms with Crippen molar-refractivity contribution in [1.82, 2.24) is 20.2 Å². The second-order valence-corrected chi connectivity index (χ2v) is 8.06. The van der Waals surface area contributed by atoms with Gasteiger partial charge < -0.3 is 5.32 Å². The highest BCUT2D eigenvalue weighted by Crippen LogP contribution is 2.35. The van der Waals surface area contributed by atoms with E-state index in [4.69, 9.17) is 0 Å². The Hall–Kier alpha value is -1.99. The van der Waals surface area contributed by atoms with E-state index in [0.29, 0.717) is 18.4 Å². The van der Waals surface area contributed by atoms with Gasteiger partial charge in [-0.2, -0.15) is 0 Å². The summed E-state index contributed by atoms with van der Waals surface area (Å²) in [6.07, 6.45) is 5.07. The number of amides is 1. The number of nitrogens with zero attached hydrogens (tertiary/aromatic N) is 3. The summed E-state index contributed by atoms with van der Waals surface area (Å²) < 4.78 is 14.4. The van der Waals surface area contributed by atoms with Crippen LogP contribution in [0.4, 0.5) is 4.39 Å². The second-order valence-electron chi connectivity index (χ2n) is 6.83. The number of rotatable bonds is 6. The van der Waals surface area contributed by atoms with Gasteiger partial charge in [-0.25, -0.2) is 14.4 Å². The number of carbonyl (C=O) groups is 1. The molecule has 0 spiro atoms. The van der Waals surface area contributed by atoms with Gasteiger partial charge in [0.1, 0.15) is 5.82 Å². The maximum absolute atomic E-state index is 14.4. The van der Waals surface area contributed by atoms with Crippen molar-refractivity contribution in [2.24, 2.45) is 0 Å². The number of halogens is 1. The molecule has 1 fully saturated rings. The van der Waals surface area contributed by atoms with Crippen LogP contribution in [0.15, 0.2) is 41.8 Å². The molecule has 2 aromatic rings. The average molecular weight is 389 g/mol. The van der Waals surface area contributed by atoms with Crippen molar-refractivity contribution in [3.8, 4) is 0 Å². The summed E-state index contributed by atoms with van der Waals surface area (Å²) in [4.78, 5) is 22.9. The van der Waals surface area contributed by atoms with Crippen molar-refractivity contribution in [1.29, 1.82) is 0 Å². The summed E-state index contributed by atoms with van der Waals surface area (Å²) in [7, 11) is 0. The van der Waals surface area contributed by atoms with E-state index in [2.05, 4.69) is 27.1 Å². The molecule has 5 nitrogen and oxygen atoms in total. The van der Waals surface area contributed by atoms with Crippen molar-refractivity contribution in [3.05, 3.63) is 53.6 Å². The highest BCUT2D eigenvalue weighted by Gasteiger charge is 2.38. The van der Waals surface area contributed by atoms with Gasteiger partial charge in [0.05, 0.1) is 5.54 Å². The number of nitrogens with one attached hydrogen (secondary N) is 1. The third-order valence-corrected chi connectivity index (χ3v) is 5.63. The number of carbonyl (C=O) groups excluding carboxylic acids is 1. The molecule has 144 valence electrons. The van der Waals surface area contributed by atoms with Gasteiger partial charge >= 0.3 is 0 Å². The summed E-state index contributed by atoms with van der Waals surface area (Å²) in [6.45, 7) is 5.85. The van der Waals surface area contributed by atoms with E-state index < -0.39 is 5.54 Å². The maximum atomic E-state index is 14.4. The Labute approximate surface area is 163 Å². The van der Waals surface area contributed by atoms with E-state index in [-0.39, 0.29) is 11.7 Å². The fraction of sp³-hybridized carbons (Fsp3) is 0.450. The Bertz CT molecular complexity index is 776. The first kappa shape index (κ1) is 19.8. The maximum Gasteiger partial charge on any atom is 0.217 e. The predicted octanol–water partition coefficient (Wildman–Crippen LogP) is 3.36. The van der Waals surface area contributed by atoms with Crippen LogP contribution < -0.4 is 5.32 Å². The molecular formula is C20H25FN4OS. The topological polar surface area (TPSA) is 58.1 Å². The second kappa shape index (κ2) is 8.80. The van der Waals surface area contributed by atoms with Crippen molar-refractivity contribution in [2.75, 3.05) is 18.8 Å². The first-order valence-corrected chi connectivity index (χ1v) is 10.2. The van der Waals surface area contributed by atoms with Gasteiger partial charge in [0, 0.05) is 50.1 Å². The zero-order chi connectivity index (χ0) is 19.3. The highest BCUT2D eigenvalue weighted by molar-refractivity contribution is 7.99. The zero-order valence-electron chi connectivity index (χ0n) is 15.7. The van der Waals surface area contributed by atoms with E-state index in [1.54, 1.807) is 23.9 Å². The average Bonchev–Trinajstić information content (AvgIpc) is 2.65. The lowest BCUT2D eigenvalue weighted by Crippen LogP contribution is -2.52. The molecule has 1 aliphatic rings. The van der Waals surface area contributed by atoms with Gasteiger partial charge in [-0.1, -0.05) is 36.9 Å². The molecule has 0 saturated carbocycles. The fourth-order valence-corrected chi connectivity index (χ4v) is 4.14. The van der Waals surface area contributed by atoms with E-state index >= 15 is 0 Å². The summed E-state index contributed by atoms with van der Waals surface area (Å²) in [5.41, 5.74) is 0.990. The Morgan fingerprint density at radius 3 is 2.52 bits per heavy atom. The molecular weight excluding hydrogens is 363 g/mol. The number of hydrogen-bond acceptors (Lipinski definition) is 5. The first-order valence-electron chi connectivity index (χ1n) is 9.22. The number of thioether (sulfide) groups is 1. The van der Waals surface area contributed by atoms with Crippen molar-refractivity contribution < 1.29 is 9.18 Å². The molecule has 1 aliphatic heterocycles. The zero-order valence-corrected chi connectivity index (χ0v) is 16.6. The Kier molecular flexibility index (Phi) is 6.44. The summed E-state index contributed by atoms with van der Waals surface area (Å²) >= 11 is 1.62. The third kappa shape index (κ3) is 4.84. The highest BCUT2D eigenvalue weighted by atomic mass is 32.2. The molecule has 0 bridgehead atoms.